The first kappa shape index (κ1) is 13.2. The van der Waals surface area contributed by atoms with Crippen molar-refractivity contribution in [3.63, 3.8) is 0 Å². The molecule has 0 aliphatic carbocycles. The maximum Gasteiger partial charge on any atom is 0.259 e. The Morgan fingerprint density at radius 2 is 1.89 bits per heavy atom. The van der Waals surface area contributed by atoms with Crippen LogP contribution in [0.15, 0.2) is 42.5 Å². The standard InChI is InChI=1S/C14H12ClNO3/c15-8-9-3-1-2-4-12(9)16-14(19)11-7-10(17)5-6-13(11)18/h1-7,17-18H,8H2,(H,16,19). The molecule has 0 bridgehead atoms. The maximum atomic E-state index is 12.0. The van der Waals surface area contributed by atoms with Gasteiger partial charge >= 0.3 is 0 Å². The molecule has 0 saturated heterocycles. The molecule has 2 aromatic rings. The molecular formula is C14H12ClNO3. The summed E-state index contributed by atoms with van der Waals surface area (Å²) in [5.74, 6) is -0.527. The largest absolute Gasteiger partial charge is 0.508 e. The third-order valence-electron chi connectivity index (χ3n) is 2.63. The summed E-state index contributed by atoms with van der Waals surface area (Å²) in [6, 6.07) is 10.9. The summed E-state index contributed by atoms with van der Waals surface area (Å²) in [6.07, 6.45) is 0. The van der Waals surface area contributed by atoms with E-state index < -0.39 is 5.91 Å². The van der Waals surface area contributed by atoms with E-state index in [0.29, 0.717) is 5.69 Å². The van der Waals surface area contributed by atoms with E-state index in [1.165, 1.54) is 18.2 Å². The fourth-order valence-corrected chi connectivity index (χ4v) is 1.89. The molecule has 0 fully saturated rings. The number of amides is 1. The van der Waals surface area contributed by atoms with Gasteiger partial charge in [-0.25, -0.2) is 0 Å². The van der Waals surface area contributed by atoms with Gasteiger partial charge in [0.1, 0.15) is 11.5 Å². The lowest BCUT2D eigenvalue weighted by molar-refractivity contribution is 0.102. The van der Waals surface area contributed by atoms with E-state index in [2.05, 4.69) is 5.32 Å². The Kier molecular flexibility index (Phi) is 3.92. The number of phenols is 2. The molecule has 98 valence electrons. The van der Waals surface area contributed by atoms with Crippen molar-refractivity contribution in [3.05, 3.63) is 53.6 Å². The number of alkyl halides is 1. The number of hydrogen-bond donors (Lipinski definition) is 3. The molecule has 0 spiro atoms. The Morgan fingerprint density at radius 3 is 2.63 bits per heavy atom. The van der Waals surface area contributed by atoms with Crippen molar-refractivity contribution < 1.29 is 15.0 Å². The lowest BCUT2D eigenvalue weighted by Crippen LogP contribution is -2.13. The summed E-state index contributed by atoms with van der Waals surface area (Å²) in [5.41, 5.74) is 1.35. The van der Waals surface area contributed by atoms with E-state index in [9.17, 15) is 15.0 Å². The molecule has 1 amide bonds. The first-order chi connectivity index (χ1) is 9.11. The number of hydrogen-bond acceptors (Lipinski definition) is 3. The average molecular weight is 278 g/mol. The molecule has 19 heavy (non-hydrogen) atoms. The van der Waals surface area contributed by atoms with Gasteiger partial charge in [0.15, 0.2) is 0 Å². The van der Waals surface area contributed by atoms with Crippen LogP contribution in [0.4, 0.5) is 5.69 Å². The highest BCUT2D eigenvalue weighted by Gasteiger charge is 2.13. The average Bonchev–Trinajstić information content (AvgIpc) is 2.42. The van der Waals surface area contributed by atoms with Crippen LogP contribution in [-0.2, 0) is 5.88 Å². The van der Waals surface area contributed by atoms with Gasteiger partial charge < -0.3 is 15.5 Å². The second kappa shape index (κ2) is 5.63. The quantitative estimate of drug-likeness (QED) is 0.596. The topological polar surface area (TPSA) is 69.6 Å². The second-order valence-electron chi connectivity index (χ2n) is 3.95. The van der Waals surface area contributed by atoms with Crippen LogP contribution in [0.2, 0.25) is 0 Å². The number of carbonyl (C=O) groups is 1. The van der Waals surface area contributed by atoms with Gasteiger partial charge in [0, 0.05) is 11.6 Å². The molecule has 5 heteroatoms. The van der Waals surface area contributed by atoms with E-state index in [0.717, 1.165) is 5.56 Å². The molecule has 0 unspecified atom stereocenters. The van der Waals surface area contributed by atoms with E-state index in [1.807, 2.05) is 6.07 Å². The number of para-hydroxylation sites is 1. The van der Waals surface area contributed by atoms with E-state index in [4.69, 9.17) is 11.6 Å². The van der Waals surface area contributed by atoms with Gasteiger partial charge in [0.2, 0.25) is 0 Å². The van der Waals surface area contributed by atoms with Crippen LogP contribution in [-0.4, -0.2) is 16.1 Å². The Bertz CT molecular complexity index is 613. The number of halogens is 1. The van der Waals surface area contributed by atoms with Crippen molar-refractivity contribution in [1.82, 2.24) is 0 Å². The van der Waals surface area contributed by atoms with E-state index in [-0.39, 0.29) is 22.9 Å². The summed E-state index contributed by atoms with van der Waals surface area (Å²) >= 11 is 5.78. The van der Waals surface area contributed by atoms with E-state index >= 15 is 0 Å². The summed E-state index contributed by atoms with van der Waals surface area (Å²) in [7, 11) is 0. The van der Waals surface area contributed by atoms with Crippen LogP contribution in [0.3, 0.4) is 0 Å². The Labute approximate surface area is 115 Å². The van der Waals surface area contributed by atoms with Gasteiger partial charge in [-0.1, -0.05) is 18.2 Å². The van der Waals surface area contributed by atoms with Crippen molar-refractivity contribution in [1.29, 1.82) is 0 Å². The van der Waals surface area contributed by atoms with Crippen molar-refractivity contribution in [3.8, 4) is 11.5 Å². The Morgan fingerprint density at radius 1 is 1.16 bits per heavy atom. The van der Waals surface area contributed by atoms with Gasteiger partial charge in [-0.05, 0) is 29.8 Å². The zero-order valence-electron chi connectivity index (χ0n) is 9.93. The van der Waals surface area contributed by atoms with Crippen molar-refractivity contribution in [2.24, 2.45) is 0 Å². The Balaban J connectivity index is 2.28. The lowest BCUT2D eigenvalue weighted by Gasteiger charge is -2.10. The summed E-state index contributed by atoms with van der Waals surface area (Å²) in [5, 5.41) is 21.6. The first-order valence-corrected chi connectivity index (χ1v) is 6.12. The number of carbonyl (C=O) groups excluding carboxylic acids is 1. The number of aromatic hydroxyl groups is 2. The second-order valence-corrected chi connectivity index (χ2v) is 4.21. The fraction of sp³-hybridized carbons (Fsp3) is 0.0714. The molecular weight excluding hydrogens is 266 g/mol. The van der Waals surface area contributed by atoms with Gasteiger partial charge in [-0.3, -0.25) is 4.79 Å². The molecule has 0 saturated carbocycles. The van der Waals surface area contributed by atoms with Crippen molar-refractivity contribution in [2.75, 3.05) is 5.32 Å². The minimum Gasteiger partial charge on any atom is -0.508 e. The van der Waals surface area contributed by atoms with Crippen LogP contribution >= 0.6 is 11.6 Å². The number of benzene rings is 2. The lowest BCUT2D eigenvalue weighted by atomic mass is 10.1. The molecule has 0 aromatic heterocycles. The van der Waals surface area contributed by atoms with Crippen LogP contribution in [0.25, 0.3) is 0 Å². The highest BCUT2D eigenvalue weighted by atomic mass is 35.5. The molecule has 2 rings (SSSR count). The Hall–Kier alpha value is -2.20. The zero-order valence-corrected chi connectivity index (χ0v) is 10.7. The number of anilines is 1. The van der Waals surface area contributed by atoms with Gasteiger partial charge in [0.25, 0.3) is 5.91 Å². The van der Waals surface area contributed by atoms with Gasteiger partial charge in [-0.15, -0.1) is 11.6 Å². The highest BCUT2D eigenvalue weighted by molar-refractivity contribution is 6.17. The third-order valence-corrected chi connectivity index (χ3v) is 2.92. The monoisotopic (exact) mass is 277 g/mol. The van der Waals surface area contributed by atoms with E-state index in [1.54, 1.807) is 18.2 Å². The summed E-state index contributed by atoms with van der Waals surface area (Å²) < 4.78 is 0. The molecule has 0 radical (unpaired) electrons. The van der Waals surface area contributed by atoms with Crippen LogP contribution in [0.1, 0.15) is 15.9 Å². The normalized spacial score (nSPS) is 10.2. The maximum absolute atomic E-state index is 12.0. The first-order valence-electron chi connectivity index (χ1n) is 5.59. The van der Waals surface area contributed by atoms with Crippen molar-refractivity contribution in [2.45, 2.75) is 5.88 Å². The number of nitrogens with one attached hydrogen (secondary N) is 1. The molecule has 0 heterocycles. The minimum absolute atomic E-state index is 0.00405. The molecule has 4 nitrogen and oxygen atoms in total. The molecule has 2 aromatic carbocycles. The van der Waals surface area contributed by atoms with Gasteiger partial charge in [-0.2, -0.15) is 0 Å². The number of phenolic OH excluding ortho intramolecular Hbond substituents is 2. The summed E-state index contributed by atoms with van der Waals surface area (Å²) in [4.78, 5) is 12.0. The molecule has 0 aliphatic rings. The molecule has 0 atom stereocenters. The zero-order chi connectivity index (χ0) is 13.8. The third kappa shape index (κ3) is 2.98. The predicted molar refractivity (Wildman–Crippen MR) is 73.7 cm³/mol. The highest BCUT2D eigenvalue weighted by Crippen LogP contribution is 2.24. The van der Waals surface area contributed by atoms with Crippen LogP contribution in [0.5, 0.6) is 11.5 Å². The number of rotatable bonds is 3. The van der Waals surface area contributed by atoms with Crippen LogP contribution in [0, 0.1) is 0 Å². The fourth-order valence-electron chi connectivity index (χ4n) is 1.65. The molecule has 0 aliphatic heterocycles. The predicted octanol–water partition coefficient (Wildman–Crippen LogP) is 3.09. The summed E-state index contributed by atoms with van der Waals surface area (Å²) in [6.45, 7) is 0. The molecule has 3 N–H and O–H groups in total. The SMILES string of the molecule is O=C(Nc1ccccc1CCl)c1cc(O)ccc1O. The van der Waals surface area contributed by atoms with Crippen molar-refractivity contribution >= 4 is 23.2 Å². The van der Waals surface area contributed by atoms with Crippen LogP contribution < -0.4 is 5.32 Å². The minimum atomic E-state index is -0.508. The van der Waals surface area contributed by atoms with Gasteiger partial charge in [0.05, 0.1) is 5.56 Å². The smallest absolute Gasteiger partial charge is 0.259 e.